The Bertz CT molecular complexity index is 339. The van der Waals surface area contributed by atoms with Gasteiger partial charge in [0.05, 0.1) is 6.42 Å². The van der Waals surface area contributed by atoms with Gasteiger partial charge in [0.2, 0.25) is 0 Å². The fourth-order valence-corrected chi connectivity index (χ4v) is 2.40. The van der Waals surface area contributed by atoms with Gasteiger partial charge in [-0.25, -0.2) is 0 Å². The minimum absolute atomic E-state index is 0.118. The summed E-state index contributed by atoms with van der Waals surface area (Å²) in [5.41, 5.74) is 2.05. The van der Waals surface area contributed by atoms with Crippen LogP contribution in [0.5, 0.6) is 0 Å². The van der Waals surface area contributed by atoms with Crippen LogP contribution in [0.3, 0.4) is 0 Å². The fraction of sp³-hybridized carbons (Fsp3) is 0.300. The zero-order valence-corrected chi connectivity index (χ0v) is 10.8. The summed E-state index contributed by atoms with van der Waals surface area (Å²) < 4.78 is 0.856. The summed E-state index contributed by atoms with van der Waals surface area (Å²) in [7, 11) is 0. The highest BCUT2D eigenvalue weighted by atomic mass is 127. The predicted molar refractivity (Wildman–Crippen MR) is 67.3 cm³/mol. The molecule has 0 atom stereocenters. The number of alkyl halides is 1. The van der Waals surface area contributed by atoms with Crippen molar-refractivity contribution in [1.82, 2.24) is 0 Å². The Morgan fingerprint density at radius 1 is 1.50 bits per heavy atom. The van der Waals surface area contributed by atoms with E-state index in [1.165, 1.54) is 0 Å². The molecule has 1 aromatic carbocycles. The maximum absolute atomic E-state index is 10.6. The SMILES string of the molecule is CSc1ccc(CI)c(CC(=O)O)c1. The van der Waals surface area contributed by atoms with Gasteiger partial charge in [0.25, 0.3) is 0 Å². The Morgan fingerprint density at radius 3 is 2.71 bits per heavy atom. The number of hydrogen-bond donors (Lipinski definition) is 1. The van der Waals surface area contributed by atoms with Gasteiger partial charge >= 0.3 is 5.97 Å². The molecule has 2 nitrogen and oxygen atoms in total. The van der Waals surface area contributed by atoms with Gasteiger partial charge in [-0.15, -0.1) is 11.8 Å². The summed E-state index contributed by atoms with van der Waals surface area (Å²) >= 11 is 3.88. The highest BCUT2D eigenvalue weighted by molar-refractivity contribution is 14.1. The molecule has 0 unspecified atom stereocenters. The van der Waals surface area contributed by atoms with Gasteiger partial charge in [0, 0.05) is 9.32 Å². The summed E-state index contributed by atoms with van der Waals surface area (Å²) in [4.78, 5) is 11.7. The third-order valence-electron chi connectivity index (χ3n) is 1.90. The fourth-order valence-electron chi connectivity index (χ4n) is 1.19. The Balaban J connectivity index is 3.01. The van der Waals surface area contributed by atoms with Crippen LogP contribution in [-0.4, -0.2) is 17.3 Å². The first kappa shape index (κ1) is 11.8. The van der Waals surface area contributed by atoms with E-state index < -0.39 is 5.97 Å². The lowest BCUT2D eigenvalue weighted by molar-refractivity contribution is -0.136. The Morgan fingerprint density at radius 2 is 2.21 bits per heavy atom. The number of benzene rings is 1. The minimum atomic E-state index is -0.769. The third kappa shape index (κ3) is 3.16. The first-order valence-electron chi connectivity index (χ1n) is 4.11. The number of thioether (sulfide) groups is 1. The number of aliphatic carboxylic acids is 1. The monoisotopic (exact) mass is 322 g/mol. The van der Waals surface area contributed by atoms with E-state index in [0.717, 1.165) is 20.4 Å². The first-order chi connectivity index (χ1) is 6.67. The molecule has 1 rings (SSSR count). The van der Waals surface area contributed by atoms with Crippen LogP contribution in [-0.2, 0) is 15.6 Å². The second kappa shape index (κ2) is 5.60. The van der Waals surface area contributed by atoms with Crippen LogP contribution < -0.4 is 0 Å². The van der Waals surface area contributed by atoms with E-state index in [4.69, 9.17) is 5.11 Å². The van der Waals surface area contributed by atoms with Gasteiger partial charge in [0.15, 0.2) is 0 Å². The van der Waals surface area contributed by atoms with E-state index in [1.54, 1.807) is 11.8 Å². The summed E-state index contributed by atoms with van der Waals surface area (Å²) in [6, 6.07) is 6.01. The molecule has 0 aliphatic rings. The smallest absolute Gasteiger partial charge is 0.307 e. The number of hydrogen-bond acceptors (Lipinski definition) is 2. The molecule has 0 bridgehead atoms. The summed E-state index contributed by atoms with van der Waals surface area (Å²) in [6.07, 6.45) is 2.11. The van der Waals surface area contributed by atoms with Gasteiger partial charge < -0.3 is 5.11 Å². The Kier molecular flexibility index (Phi) is 4.74. The highest BCUT2D eigenvalue weighted by Gasteiger charge is 2.06. The molecule has 0 heterocycles. The molecule has 76 valence electrons. The maximum atomic E-state index is 10.6. The Hall–Kier alpha value is -0.230. The van der Waals surface area contributed by atoms with E-state index in [9.17, 15) is 4.79 Å². The first-order valence-corrected chi connectivity index (χ1v) is 6.86. The van der Waals surface area contributed by atoms with Crippen LogP contribution in [0.15, 0.2) is 23.1 Å². The summed E-state index contributed by atoms with van der Waals surface area (Å²) in [5, 5.41) is 8.74. The number of carbonyl (C=O) groups is 1. The second-order valence-electron chi connectivity index (χ2n) is 2.84. The van der Waals surface area contributed by atoms with Crippen LogP contribution in [0, 0.1) is 0 Å². The van der Waals surface area contributed by atoms with Gasteiger partial charge in [0.1, 0.15) is 0 Å². The summed E-state index contributed by atoms with van der Waals surface area (Å²) in [5.74, 6) is -0.769. The number of carboxylic acids is 1. The van der Waals surface area contributed by atoms with Crippen LogP contribution >= 0.6 is 34.4 Å². The van der Waals surface area contributed by atoms with Crippen molar-refractivity contribution < 1.29 is 9.90 Å². The van der Waals surface area contributed by atoms with Gasteiger partial charge in [-0.2, -0.15) is 0 Å². The van der Waals surface area contributed by atoms with E-state index in [2.05, 4.69) is 22.6 Å². The number of rotatable bonds is 4. The zero-order valence-electron chi connectivity index (χ0n) is 7.79. The molecule has 0 spiro atoms. The molecule has 14 heavy (non-hydrogen) atoms. The molecule has 0 aromatic heterocycles. The summed E-state index contributed by atoms with van der Waals surface area (Å²) in [6.45, 7) is 0. The third-order valence-corrected chi connectivity index (χ3v) is 3.45. The lowest BCUT2D eigenvalue weighted by Crippen LogP contribution is -2.02. The molecule has 0 aliphatic heterocycles. The van der Waals surface area contributed by atoms with Gasteiger partial charge in [-0.3, -0.25) is 4.79 Å². The number of carboxylic acid groups (broad SMARTS) is 1. The van der Waals surface area contributed by atoms with E-state index >= 15 is 0 Å². The lowest BCUT2D eigenvalue weighted by Gasteiger charge is -2.06. The largest absolute Gasteiger partial charge is 0.481 e. The van der Waals surface area contributed by atoms with E-state index in [1.807, 2.05) is 24.5 Å². The molecule has 1 aromatic rings. The molecule has 4 heteroatoms. The van der Waals surface area contributed by atoms with Crippen LogP contribution in [0.25, 0.3) is 0 Å². The normalized spacial score (nSPS) is 10.1. The lowest BCUT2D eigenvalue weighted by atomic mass is 10.1. The van der Waals surface area contributed by atoms with Crippen molar-refractivity contribution in [2.24, 2.45) is 0 Å². The molecule has 1 N–H and O–H groups in total. The van der Waals surface area contributed by atoms with Gasteiger partial charge in [-0.05, 0) is 29.5 Å². The highest BCUT2D eigenvalue weighted by Crippen LogP contribution is 2.21. The molecule has 0 amide bonds. The van der Waals surface area contributed by atoms with Crippen molar-refractivity contribution in [3.8, 4) is 0 Å². The van der Waals surface area contributed by atoms with Crippen molar-refractivity contribution in [2.45, 2.75) is 15.7 Å². The molecule has 0 saturated heterocycles. The van der Waals surface area contributed by atoms with Crippen LogP contribution in [0.1, 0.15) is 11.1 Å². The average Bonchev–Trinajstić information content (AvgIpc) is 2.16. The molecule has 0 fully saturated rings. The zero-order chi connectivity index (χ0) is 10.6. The standard InChI is InChI=1S/C10H11IO2S/c1-14-9-3-2-7(6-11)8(4-9)5-10(12)13/h2-4H,5-6H2,1H3,(H,12,13). The molecule has 0 radical (unpaired) electrons. The molecule has 0 saturated carbocycles. The van der Waals surface area contributed by atoms with Crippen LogP contribution in [0.4, 0.5) is 0 Å². The predicted octanol–water partition coefficient (Wildman–Crippen LogP) is 2.97. The minimum Gasteiger partial charge on any atom is -0.481 e. The van der Waals surface area contributed by atoms with Crippen molar-refractivity contribution in [3.63, 3.8) is 0 Å². The molecular formula is C10H11IO2S. The maximum Gasteiger partial charge on any atom is 0.307 e. The van der Waals surface area contributed by atoms with Crippen LogP contribution in [0.2, 0.25) is 0 Å². The van der Waals surface area contributed by atoms with E-state index in [-0.39, 0.29) is 6.42 Å². The van der Waals surface area contributed by atoms with E-state index in [0.29, 0.717) is 0 Å². The number of halogens is 1. The van der Waals surface area contributed by atoms with Crippen molar-refractivity contribution in [3.05, 3.63) is 29.3 Å². The quantitative estimate of drug-likeness (QED) is 0.526. The Labute approximate surface area is 101 Å². The topological polar surface area (TPSA) is 37.3 Å². The average molecular weight is 322 g/mol. The molecule has 0 aliphatic carbocycles. The van der Waals surface area contributed by atoms with Crippen molar-refractivity contribution in [1.29, 1.82) is 0 Å². The van der Waals surface area contributed by atoms with Crippen molar-refractivity contribution in [2.75, 3.05) is 6.26 Å². The van der Waals surface area contributed by atoms with Gasteiger partial charge in [-0.1, -0.05) is 28.7 Å². The molecular weight excluding hydrogens is 311 g/mol. The second-order valence-corrected chi connectivity index (χ2v) is 4.48. The van der Waals surface area contributed by atoms with Crippen molar-refractivity contribution >= 4 is 40.3 Å².